The lowest BCUT2D eigenvalue weighted by atomic mass is 9.82. The Bertz CT molecular complexity index is 1530. The summed E-state index contributed by atoms with van der Waals surface area (Å²) in [5, 5.41) is 5.72. The first-order valence-electron chi connectivity index (χ1n) is 10.7. The largest absolute Gasteiger partial charge is 0.321 e. The van der Waals surface area contributed by atoms with Crippen LogP contribution < -0.4 is 10.6 Å². The quantitative estimate of drug-likeness (QED) is 0.349. The fraction of sp³-hybridized carbons (Fsp3) is 0. The van der Waals surface area contributed by atoms with Crippen LogP contribution >= 0.6 is 11.6 Å². The van der Waals surface area contributed by atoms with Crippen LogP contribution in [0, 0.1) is 0 Å². The van der Waals surface area contributed by atoms with Crippen molar-refractivity contribution in [3.63, 3.8) is 0 Å². The van der Waals surface area contributed by atoms with Crippen molar-refractivity contribution in [1.29, 1.82) is 0 Å². The highest BCUT2D eigenvalue weighted by Crippen LogP contribution is 2.36. The predicted octanol–water partition coefficient (Wildman–Crippen LogP) is 5.62. The average molecular weight is 481 g/mol. The van der Waals surface area contributed by atoms with Crippen molar-refractivity contribution in [2.75, 3.05) is 10.6 Å². The zero-order chi connectivity index (χ0) is 24.5. The number of fused-ring (bicyclic) bond motifs is 2. The molecule has 0 aromatic heterocycles. The molecular weight excluding hydrogens is 464 g/mol. The van der Waals surface area contributed by atoms with Crippen LogP contribution in [0.4, 0.5) is 11.4 Å². The molecule has 0 fully saturated rings. The second kappa shape index (κ2) is 9.00. The maximum Gasteiger partial charge on any atom is 0.257 e. The molecule has 2 N–H and O–H groups in total. The van der Waals surface area contributed by atoms with Gasteiger partial charge in [-0.25, -0.2) is 0 Å². The van der Waals surface area contributed by atoms with Gasteiger partial charge >= 0.3 is 0 Å². The molecule has 2 amide bonds. The van der Waals surface area contributed by atoms with Crippen LogP contribution in [-0.4, -0.2) is 23.4 Å². The molecule has 170 valence electrons. The van der Waals surface area contributed by atoms with Crippen molar-refractivity contribution in [3.8, 4) is 0 Å². The summed E-state index contributed by atoms with van der Waals surface area (Å²) >= 11 is 6.13. The Balaban J connectivity index is 1.52. The highest BCUT2D eigenvalue weighted by molar-refractivity contribution is 6.35. The standard InChI is InChI=1S/C28H17ClN2O4/c29-20-13-5-4-10-17(20)28(35)31-22-15-7-12-19-24(22)26(33)18-11-6-14-21(23(18)25(19)32)30-27(34)16-8-2-1-3-9-16/h1-15H,(H,30,34)(H,31,35). The molecule has 0 heterocycles. The van der Waals surface area contributed by atoms with Crippen molar-refractivity contribution >= 4 is 46.4 Å². The molecule has 0 spiro atoms. The summed E-state index contributed by atoms with van der Waals surface area (Å²) in [7, 11) is 0. The van der Waals surface area contributed by atoms with Gasteiger partial charge in [0, 0.05) is 16.7 Å². The first kappa shape index (κ1) is 22.3. The van der Waals surface area contributed by atoms with E-state index in [4.69, 9.17) is 11.6 Å². The second-order valence-corrected chi connectivity index (χ2v) is 8.28. The molecule has 0 bridgehead atoms. The topological polar surface area (TPSA) is 92.3 Å². The van der Waals surface area contributed by atoms with Crippen molar-refractivity contribution in [2.24, 2.45) is 0 Å². The predicted molar refractivity (Wildman–Crippen MR) is 134 cm³/mol. The molecule has 0 radical (unpaired) electrons. The van der Waals surface area contributed by atoms with Gasteiger partial charge in [-0.2, -0.15) is 0 Å². The SMILES string of the molecule is O=C(Nc1cccc2c1C(=O)c1cccc(NC(=O)c3ccccc3Cl)c1C2=O)c1ccccc1. The van der Waals surface area contributed by atoms with Gasteiger partial charge < -0.3 is 10.6 Å². The number of carbonyl (C=O) groups is 4. The van der Waals surface area contributed by atoms with Crippen LogP contribution in [0.25, 0.3) is 0 Å². The molecule has 0 saturated carbocycles. The summed E-state index contributed by atoms with van der Waals surface area (Å²) in [5.74, 6) is -1.75. The van der Waals surface area contributed by atoms with E-state index < -0.39 is 23.4 Å². The van der Waals surface area contributed by atoms with Crippen LogP contribution in [0.5, 0.6) is 0 Å². The number of hydrogen-bond acceptors (Lipinski definition) is 4. The average Bonchev–Trinajstić information content (AvgIpc) is 2.88. The third-order valence-corrected chi connectivity index (χ3v) is 6.05. The van der Waals surface area contributed by atoms with Gasteiger partial charge in [-0.05, 0) is 36.4 Å². The number of nitrogens with one attached hydrogen (secondary N) is 2. The Morgan fingerprint density at radius 1 is 0.571 bits per heavy atom. The molecule has 0 unspecified atom stereocenters. The lowest BCUT2D eigenvalue weighted by Gasteiger charge is -2.22. The zero-order valence-corrected chi connectivity index (χ0v) is 18.9. The minimum Gasteiger partial charge on any atom is -0.321 e. The number of anilines is 2. The number of rotatable bonds is 4. The van der Waals surface area contributed by atoms with E-state index in [1.54, 1.807) is 78.9 Å². The van der Waals surface area contributed by atoms with Gasteiger partial charge in [-0.3, -0.25) is 19.2 Å². The molecular formula is C28H17ClN2O4. The van der Waals surface area contributed by atoms with Gasteiger partial charge in [-0.1, -0.05) is 66.2 Å². The third kappa shape index (κ3) is 4.00. The molecule has 1 aliphatic rings. The van der Waals surface area contributed by atoms with E-state index in [1.807, 2.05) is 0 Å². The van der Waals surface area contributed by atoms with Crippen LogP contribution in [0.2, 0.25) is 5.02 Å². The van der Waals surface area contributed by atoms with E-state index in [9.17, 15) is 19.2 Å². The molecule has 7 heteroatoms. The van der Waals surface area contributed by atoms with E-state index in [0.29, 0.717) is 5.56 Å². The molecule has 4 aromatic rings. The number of benzene rings is 4. The third-order valence-electron chi connectivity index (χ3n) is 5.72. The van der Waals surface area contributed by atoms with Crippen molar-refractivity contribution < 1.29 is 19.2 Å². The Hall–Kier alpha value is -4.55. The monoisotopic (exact) mass is 480 g/mol. The Labute approximate surface area is 205 Å². The zero-order valence-electron chi connectivity index (χ0n) is 18.2. The van der Waals surface area contributed by atoms with Crippen molar-refractivity contribution in [1.82, 2.24) is 0 Å². The summed E-state index contributed by atoms with van der Waals surface area (Å²) in [6, 6.07) is 24.5. The van der Waals surface area contributed by atoms with E-state index in [1.165, 1.54) is 12.1 Å². The minimum absolute atomic E-state index is 0.0944. The van der Waals surface area contributed by atoms with Gasteiger partial charge in [0.05, 0.1) is 33.1 Å². The summed E-state index contributed by atoms with van der Waals surface area (Å²) in [6.45, 7) is 0. The number of carbonyl (C=O) groups excluding carboxylic acids is 4. The van der Waals surface area contributed by atoms with Crippen LogP contribution in [-0.2, 0) is 0 Å². The van der Waals surface area contributed by atoms with Crippen molar-refractivity contribution in [3.05, 3.63) is 129 Å². The summed E-state index contributed by atoms with van der Waals surface area (Å²) < 4.78 is 0. The lowest BCUT2D eigenvalue weighted by Crippen LogP contribution is -2.26. The van der Waals surface area contributed by atoms with Crippen LogP contribution in [0.1, 0.15) is 52.6 Å². The number of ketones is 2. The fourth-order valence-electron chi connectivity index (χ4n) is 4.07. The van der Waals surface area contributed by atoms with Gasteiger partial charge in [0.25, 0.3) is 11.8 Å². The van der Waals surface area contributed by atoms with Gasteiger partial charge in [0.1, 0.15) is 0 Å². The smallest absolute Gasteiger partial charge is 0.257 e. The molecule has 4 aromatic carbocycles. The Morgan fingerprint density at radius 3 is 1.66 bits per heavy atom. The molecule has 0 aliphatic heterocycles. The highest BCUT2D eigenvalue weighted by Gasteiger charge is 2.34. The van der Waals surface area contributed by atoms with Crippen LogP contribution in [0.15, 0.2) is 91.0 Å². The summed E-state index contributed by atoms with van der Waals surface area (Å²) in [6.07, 6.45) is 0. The Morgan fingerprint density at radius 2 is 1.09 bits per heavy atom. The lowest BCUT2D eigenvalue weighted by molar-refractivity contribution is 0.0977. The first-order chi connectivity index (χ1) is 17.0. The normalized spacial score (nSPS) is 11.9. The van der Waals surface area contributed by atoms with Crippen molar-refractivity contribution in [2.45, 2.75) is 0 Å². The first-order valence-corrected chi connectivity index (χ1v) is 11.1. The molecule has 6 nitrogen and oxygen atoms in total. The molecule has 35 heavy (non-hydrogen) atoms. The van der Waals surface area contributed by atoms with Gasteiger partial charge in [-0.15, -0.1) is 0 Å². The maximum absolute atomic E-state index is 13.5. The number of hydrogen-bond donors (Lipinski definition) is 2. The molecule has 1 aliphatic carbocycles. The Kier molecular flexibility index (Phi) is 5.73. The summed E-state index contributed by atoms with van der Waals surface area (Å²) in [4.78, 5) is 52.6. The van der Waals surface area contributed by atoms with Gasteiger partial charge in [0.15, 0.2) is 11.6 Å². The van der Waals surface area contributed by atoms with Gasteiger partial charge in [0.2, 0.25) is 0 Å². The highest BCUT2D eigenvalue weighted by atomic mass is 35.5. The second-order valence-electron chi connectivity index (χ2n) is 7.87. The molecule has 5 rings (SSSR count). The van der Waals surface area contributed by atoms with E-state index in [2.05, 4.69) is 10.6 Å². The van der Waals surface area contributed by atoms with Crippen LogP contribution in [0.3, 0.4) is 0 Å². The minimum atomic E-state index is -0.501. The molecule has 0 atom stereocenters. The fourth-order valence-corrected chi connectivity index (χ4v) is 4.29. The van der Waals surface area contributed by atoms with E-state index in [-0.39, 0.29) is 44.2 Å². The number of amides is 2. The van der Waals surface area contributed by atoms with E-state index in [0.717, 1.165) is 0 Å². The molecule has 0 saturated heterocycles. The van der Waals surface area contributed by atoms with E-state index >= 15 is 0 Å². The maximum atomic E-state index is 13.5. The number of halogens is 1. The summed E-state index contributed by atoms with van der Waals surface area (Å²) in [5.41, 5.74) is 1.60.